The first-order valence-corrected chi connectivity index (χ1v) is 7.26. The summed E-state index contributed by atoms with van der Waals surface area (Å²) in [5.41, 5.74) is 10.7. The highest BCUT2D eigenvalue weighted by atomic mass is 15.0. The fourth-order valence-corrected chi connectivity index (χ4v) is 2.77. The number of benzene rings is 1. The monoisotopic (exact) mass is 268 g/mol. The van der Waals surface area contributed by atoms with Gasteiger partial charge in [-0.3, -0.25) is 0 Å². The van der Waals surface area contributed by atoms with E-state index in [1.54, 1.807) is 0 Å². The van der Waals surface area contributed by atoms with Gasteiger partial charge in [0.25, 0.3) is 0 Å². The molecule has 1 atom stereocenters. The Kier molecular flexibility index (Phi) is 4.67. The topological polar surface area (TPSA) is 38.0 Å². The van der Waals surface area contributed by atoms with E-state index in [0.29, 0.717) is 11.7 Å². The van der Waals surface area contributed by atoms with Crippen LogP contribution >= 0.6 is 0 Å². The minimum absolute atomic E-state index is 0.613. The molecule has 20 heavy (non-hydrogen) atoms. The second kappa shape index (κ2) is 6.47. The van der Waals surface area contributed by atoms with Crippen LogP contribution in [-0.2, 0) is 0 Å². The van der Waals surface area contributed by atoms with Gasteiger partial charge in [-0.1, -0.05) is 49.9 Å². The molecule has 0 saturated heterocycles. The summed E-state index contributed by atoms with van der Waals surface area (Å²) in [5.74, 6) is 1.32. The Labute approximate surface area is 122 Å². The van der Waals surface area contributed by atoms with Crippen LogP contribution in [0.2, 0.25) is 0 Å². The molecule has 2 nitrogen and oxygen atoms in total. The largest absolute Gasteiger partial charge is 0.385 e. The van der Waals surface area contributed by atoms with Gasteiger partial charge in [0.15, 0.2) is 0 Å². The van der Waals surface area contributed by atoms with E-state index in [2.05, 4.69) is 37.0 Å². The first kappa shape index (κ1) is 14.4. The third-order valence-electron chi connectivity index (χ3n) is 3.88. The second-order valence-electron chi connectivity index (χ2n) is 5.44. The lowest BCUT2D eigenvalue weighted by atomic mass is 9.84. The van der Waals surface area contributed by atoms with Gasteiger partial charge in [0, 0.05) is 12.6 Å². The molecule has 0 amide bonds. The zero-order valence-electron chi connectivity index (χ0n) is 12.4. The summed E-state index contributed by atoms with van der Waals surface area (Å²) in [4.78, 5) is 0. The molecule has 0 radical (unpaired) electrons. The highest BCUT2D eigenvalue weighted by Gasteiger charge is 2.18. The summed E-state index contributed by atoms with van der Waals surface area (Å²) in [6, 6.07) is 10.2. The second-order valence-corrected chi connectivity index (χ2v) is 5.44. The van der Waals surface area contributed by atoms with Crippen LogP contribution in [0.25, 0.3) is 5.57 Å². The predicted octanol–water partition coefficient (Wildman–Crippen LogP) is 3.84. The lowest BCUT2D eigenvalue weighted by Crippen LogP contribution is -2.20. The highest BCUT2D eigenvalue weighted by Crippen LogP contribution is 2.34. The highest BCUT2D eigenvalue weighted by molar-refractivity contribution is 5.82. The van der Waals surface area contributed by atoms with E-state index >= 15 is 0 Å². The first-order chi connectivity index (χ1) is 9.63. The van der Waals surface area contributed by atoms with Crippen molar-refractivity contribution < 1.29 is 0 Å². The first-order valence-electron chi connectivity index (χ1n) is 7.26. The third kappa shape index (κ3) is 3.13. The summed E-state index contributed by atoms with van der Waals surface area (Å²) in [7, 11) is 1.86. The van der Waals surface area contributed by atoms with Crippen LogP contribution in [0, 0.1) is 5.92 Å². The molecule has 0 heterocycles. The number of hydrogen-bond donors (Lipinski definition) is 2. The molecule has 0 spiro atoms. The summed E-state index contributed by atoms with van der Waals surface area (Å²) in [6.45, 7) is 6.54. The van der Waals surface area contributed by atoms with Crippen molar-refractivity contribution in [1.82, 2.24) is 5.32 Å². The van der Waals surface area contributed by atoms with Gasteiger partial charge in [0.1, 0.15) is 5.82 Å². The van der Waals surface area contributed by atoms with Gasteiger partial charge in [-0.25, -0.2) is 0 Å². The van der Waals surface area contributed by atoms with Crippen molar-refractivity contribution in [3.8, 4) is 0 Å². The van der Waals surface area contributed by atoms with Crippen molar-refractivity contribution in [2.45, 2.75) is 26.2 Å². The number of rotatable bonds is 4. The average Bonchev–Trinajstić information content (AvgIpc) is 2.48. The molecule has 1 aromatic rings. The SMILES string of the molecule is C=C(/C(C1=CC(C)CCC1)=C(/N)NC)c1ccccc1. The standard InChI is InChI=1S/C18H24N2/c1-13-8-7-11-16(12-13)17(18(19)20-3)14(2)15-9-5-4-6-10-15/h4-6,9-10,12-13,20H,2,7-8,11,19H2,1,3H3/b18-17+. The van der Waals surface area contributed by atoms with E-state index in [4.69, 9.17) is 5.73 Å². The minimum atomic E-state index is 0.613. The van der Waals surface area contributed by atoms with Crippen molar-refractivity contribution in [3.63, 3.8) is 0 Å². The normalized spacial score (nSPS) is 19.9. The summed E-state index contributed by atoms with van der Waals surface area (Å²) in [6.07, 6.45) is 5.90. The molecule has 1 aromatic carbocycles. The molecule has 1 aliphatic rings. The average molecular weight is 268 g/mol. The van der Waals surface area contributed by atoms with Crippen LogP contribution in [0.4, 0.5) is 0 Å². The van der Waals surface area contributed by atoms with Gasteiger partial charge >= 0.3 is 0 Å². The van der Waals surface area contributed by atoms with Crippen molar-refractivity contribution in [1.29, 1.82) is 0 Å². The lowest BCUT2D eigenvalue weighted by molar-refractivity contribution is 0.571. The molecule has 0 aromatic heterocycles. The predicted molar refractivity (Wildman–Crippen MR) is 86.8 cm³/mol. The number of hydrogen-bond acceptors (Lipinski definition) is 2. The fourth-order valence-electron chi connectivity index (χ4n) is 2.77. The molecule has 1 aliphatic carbocycles. The molecule has 3 N–H and O–H groups in total. The van der Waals surface area contributed by atoms with Crippen LogP contribution in [-0.4, -0.2) is 7.05 Å². The van der Waals surface area contributed by atoms with Gasteiger partial charge in [0.05, 0.1) is 0 Å². The summed E-state index contributed by atoms with van der Waals surface area (Å²) in [5, 5.41) is 3.08. The van der Waals surface area contributed by atoms with Gasteiger partial charge in [-0.05, 0) is 41.9 Å². The third-order valence-corrected chi connectivity index (χ3v) is 3.88. The lowest BCUT2D eigenvalue weighted by Gasteiger charge is -2.23. The Morgan fingerprint density at radius 2 is 2.00 bits per heavy atom. The van der Waals surface area contributed by atoms with E-state index in [-0.39, 0.29) is 0 Å². The van der Waals surface area contributed by atoms with E-state index in [1.165, 1.54) is 18.4 Å². The minimum Gasteiger partial charge on any atom is -0.385 e. The zero-order valence-corrected chi connectivity index (χ0v) is 12.4. The maximum absolute atomic E-state index is 6.20. The summed E-state index contributed by atoms with van der Waals surface area (Å²) >= 11 is 0. The van der Waals surface area contributed by atoms with E-state index in [0.717, 1.165) is 23.1 Å². The van der Waals surface area contributed by atoms with Crippen molar-refractivity contribution in [2.75, 3.05) is 7.05 Å². The van der Waals surface area contributed by atoms with Crippen LogP contribution in [0.15, 0.2) is 60.0 Å². The Hall–Kier alpha value is -1.96. The molecule has 0 fully saturated rings. The van der Waals surface area contributed by atoms with E-state index < -0.39 is 0 Å². The molecule has 2 heteroatoms. The van der Waals surface area contributed by atoms with Crippen molar-refractivity contribution >= 4 is 5.57 Å². The Bertz CT molecular complexity index is 538. The Morgan fingerprint density at radius 3 is 2.60 bits per heavy atom. The molecule has 0 aliphatic heterocycles. The van der Waals surface area contributed by atoms with Gasteiger partial charge in [-0.2, -0.15) is 0 Å². The molecule has 106 valence electrons. The number of nitrogens with two attached hydrogens (primary N) is 1. The quantitative estimate of drug-likeness (QED) is 0.814. The smallest absolute Gasteiger partial charge is 0.104 e. The number of allylic oxidation sites excluding steroid dienone is 4. The van der Waals surface area contributed by atoms with Gasteiger partial charge < -0.3 is 11.1 Å². The van der Waals surface area contributed by atoms with E-state index in [1.807, 2.05) is 25.2 Å². The molecular weight excluding hydrogens is 244 g/mol. The van der Waals surface area contributed by atoms with Crippen LogP contribution < -0.4 is 11.1 Å². The molecule has 0 saturated carbocycles. The maximum atomic E-state index is 6.20. The van der Waals surface area contributed by atoms with Crippen molar-refractivity contribution in [2.24, 2.45) is 11.7 Å². The molecule has 2 rings (SSSR count). The molecule has 0 bridgehead atoms. The van der Waals surface area contributed by atoms with Gasteiger partial charge in [-0.15, -0.1) is 0 Å². The van der Waals surface area contributed by atoms with Crippen LogP contribution in [0.1, 0.15) is 31.7 Å². The fraction of sp³-hybridized carbons (Fsp3) is 0.333. The van der Waals surface area contributed by atoms with E-state index in [9.17, 15) is 0 Å². The molecular formula is C18H24N2. The zero-order chi connectivity index (χ0) is 14.5. The van der Waals surface area contributed by atoms with Crippen LogP contribution in [0.5, 0.6) is 0 Å². The van der Waals surface area contributed by atoms with Gasteiger partial charge in [0.2, 0.25) is 0 Å². The van der Waals surface area contributed by atoms with Crippen LogP contribution in [0.3, 0.4) is 0 Å². The Morgan fingerprint density at radius 1 is 1.30 bits per heavy atom. The Balaban J connectivity index is 2.42. The summed E-state index contributed by atoms with van der Waals surface area (Å²) < 4.78 is 0. The number of nitrogens with one attached hydrogen (secondary N) is 1. The maximum Gasteiger partial charge on any atom is 0.104 e. The van der Waals surface area contributed by atoms with Crippen molar-refractivity contribution in [3.05, 3.63) is 65.5 Å². The molecule has 1 unspecified atom stereocenters.